The maximum absolute atomic E-state index is 4.79. The highest BCUT2D eigenvalue weighted by Gasteiger charge is 2.11. The van der Waals surface area contributed by atoms with Crippen molar-refractivity contribution in [1.82, 2.24) is 9.97 Å². The molecule has 0 saturated carbocycles. The largest absolute Gasteiger partial charge is 0.244 e. The second-order valence-corrected chi connectivity index (χ2v) is 6.31. The lowest BCUT2D eigenvalue weighted by Crippen LogP contribution is -1.90. The monoisotopic (exact) mass is 386 g/mol. The number of para-hydroxylation sites is 2. The van der Waals surface area contributed by atoms with Gasteiger partial charge in [0.1, 0.15) is 0 Å². The molecule has 0 fully saturated rings. The summed E-state index contributed by atoms with van der Waals surface area (Å²) in [6, 6.07) is 16.1. The van der Waals surface area contributed by atoms with Crippen LogP contribution in [0.2, 0.25) is 0 Å². The van der Waals surface area contributed by atoms with Crippen molar-refractivity contribution in [3.8, 4) is 0 Å². The Kier molecular flexibility index (Phi) is 2.75. The van der Waals surface area contributed by atoms with E-state index in [-0.39, 0.29) is 0 Å². The molecular formula is C16H8Br2N2. The van der Waals surface area contributed by atoms with Gasteiger partial charge >= 0.3 is 0 Å². The zero-order chi connectivity index (χ0) is 13.7. The van der Waals surface area contributed by atoms with E-state index in [1.54, 1.807) is 0 Å². The van der Waals surface area contributed by atoms with Gasteiger partial charge in [-0.05, 0) is 29.7 Å². The van der Waals surface area contributed by atoms with Gasteiger partial charge in [-0.1, -0.05) is 56.1 Å². The molecule has 4 rings (SSSR count). The highest BCUT2D eigenvalue weighted by Crippen LogP contribution is 2.35. The molecule has 0 unspecified atom stereocenters. The van der Waals surface area contributed by atoms with Gasteiger partial charge in [0.25, 0.3) is 0 Å². The molecule has 1 aromatic heterocycles. The average Bonchev–Trinajstić information content (AvgIpc) is 2.46. The molecule has 0 radical (unpaired) electrons. The summed E-state index contributed by atoms with van der Waals surface area (Å²) in [5, 5.41) is 2.23. The van der Waals surface area contributed by atoms with Gasteiger partial charge in [0, 0.05) is 14.3 Å². The van der Waals surface area contributed by atoms with Crippen molar-refractivity contribution in [2.45, 2.75) is 0 Å². The van der Waals surface area contributed by atoms with Crippen LogP contribution in [0.4, 0.5) is 0 Å². The molecule has 0 N–H and O–H groups in total. The smallest absolute Gasteiger partial charge is 0.0985 e. The van der Waals surface area contributed by atoms with E-state index in [1.165, 1.54) is 0 Å². The van der Waals surface area contributed by atoms with Gasteiger partial charge in [-0.2, -0.15) is 0 Å². The van der Waals surface area contributed by atoms with Gasteiger partial charge in [0.15, 0.2) is 0 Å². The molecule has 4 aromatic rings. The molecule has 0 saturated heterocycles. The van der Waals surface area contributed by atoms with Gasteiger partial charge in [0.2, 0.25) is 0 Å². The van der Waals surface area contributed by atoms with Crippen LogP contribution in [-0.4, -0.2) is 9.97 Å². The number of rotatable bonds is 0. The number of hydrogen-bond donors (Lipinski definition) is 0. The van der Waals surface area contributed by atoms with Gasteiger partial charge in [0.05, 0.1) is 22.1 Å². The summed E-state index contributed by atoms with van der Waals surface area (Å²) in [5.74, 6) is 0. The summed E-state index contributed by atoms with van der Waals surface area (Å²) in [4.78, 5) is 9.51. The molecule has 0 amide bonds. The van der Waals surface area contributed by atoms with E-state index in [0.717, 1.165) is 41.8 Å². The second kappa shape index (κ2) is 4.50. The Balaban J connectivity index is 2.31. The SMILES string of the molecule is Brc1cc2nc3ccccc3nc2c2c(Br)cccc12. The molecule has 0 aliphatic carbocycles. The summed E-state index contributed by atoms with van der Waals surface area (Å²) in [6.45, 7) is 0. The van der Waals surface area contributed by atoms with E-state index in [0.29, 0.717) is 0 Å². The van der Waals surface area contributed by atoms with E-state index < -0.39 is 0 Å². The Hall–Kier alpha value is -1.52. The fourth-order valence-electron chi connectivity index (χ4n) is 2.46. The third kappa shape index (κ3) is 1.75. The van der Waals surface area contributed by atoms with Crippen molar-refractivity contribution >= 4 is 64.7 Å². The van der Waals surface area contributed by atoms with Gasteiger partial charge in [-0.3, -0.25) is 0 Å². The Morgan fingerprint density at radius 1 is 0.700 bits per heavy atom. The summed E-state index contributed by atoms with van der Waals surface area (Å²) in [7, 11) is 0. The van der Waals surface area contributed by atoms with Crippen molar-refractivity contribution in [2.24, 2.45) is 0 Å². The Morgan fingerprint density at radius 2 is 1.45 bits per heavy atom. The maximum atomic E-state index is 4.79. The summed E-state index contributed by atoms with van der Waals surface area (Å²) in [5.41, 5.74) is 3.65. The zero-order valence-electron chi connectivity index (χ0n) is 10.3. The van der Waals surface area contributed by atoms with E-state index in [2.05, 4.69) is 37.9 Å². The standard InChI is InChI=1S/C16H8Br2N2/c17-10-5-3-4-9-11(18)8-14-16(15(9)10)20-13-7-2-1-6-12(13)19-14/h1-8H. The number of benzene rings is 3. The van der Waals surface area contributed by atoms with Crippen LogP contribution < -0.4 is 0 Å². The molecule has 0 atom stereocenters. The van der Waals surface area contributed by atoms with Crippen LogP contribution in [0.5, 0.6) is 0 Å². The van der Waals surface area contributed by atoms with Crippen molar-refractivity contribution in [3.05, 3.63) is 57.5 Å². The summed E-state index contributed by atoms with van der Waals surface area (Å²) in [6.07, 6.45) is 0. The first kappa shape index (κ1) is 12.2. The van der Waals surface area contributed by atoms with E-state index in [1.807, 2.05) is 42.5 Å². The zero-order valence-corrected chi connectivity index (χ0v) is 13.4. The molecule has 1 heterocycles. The minimum Gasteiger partial charge on any atom is -0.244 e. The fourth-order valence-corrected chi connectivity index (χ4v) is 3.56. The Morgan fingerprint density at radius 3 is 2.25 bits per heavy atom. The van der Waals surface area contributed by atoms with Crippen LogP contribution in [0.25, 0.3) is 32.8 Å². The number of halogens is 2. The van der Waals surface area contributed by atoms with E-state index in [9.17, 15) is 0 Å². The number of nitrogens with zero attached hydrogens (tertiary/aromatic N) is 2. The molecule has 96 valence electrons. The minimum absolute atomic E-state index is 0.898. The highest BCUT2D eigenvalue weighted by molar-refractivity contribution is 9.11. The van der Waals surface area contributed by atoms with Crippen LogP contribution >= 0.6 is 31.9 Å². The van der Waals surface area contributed by atoms with Crippen LogP contribution in [0, 0.1) is 0 Å². The van der Waals surface area contributed by atoms with Gasteiger partial charge in [-0.25, -0.2) is 9.97 Å². The molecule has 0 aliphatic rings. The average molecular weight is 388 g/mol. The molecule has 0 spiro atoms. The van der Waals surface area contributed by atoms with E-state index >= 15 is 0 Å². The number of aromatic nitrogens is 2. The van der Waals surface area contributed by atoms with Crippen molar-refractivity contribution in [3.63, 3.8) is 0 Å². The predicted octanol–water partition coefficient (Wildman–Crippen LogP) is 5.46. The molecule has 0 aliphatic heterocycles. The third-order valence-corrected chi connectivity index (χ3v) is 4.69. The number of hydrogen-bond acceptors (Lipinski definition) is 2. The molecule has 20 heavy (non-hydrogen) atoms. The molecule has 3 aromatic carbocycles. The fraction of sp³-hybridized carbons (Fsp3) is 0. The van der Waals surface area contributed by atoms with Crippen molar-refractivity contribution in [2.75, 3.05) is 0 Å². The number of fused-ring (bicyclic) bond motifs is 4. The first-order chi connectivity index (χ1) is 9.74. The lowest BCUT2D eigenvalue weighted by atomic mass is 10.1. The normalized spacial score (nSPS) is 11.5. The van der Waals surface area contributed by atoms with Crippen LogP contribution in [0.15, 0.2) is 57.5 Å². The first-order valence-corrected chi connectivity index (χ1v) is 7.76. The lowest BCUT2D eigenvalue weighted by Gasteiger charge is -2.08. The third-order valence-electron chi connectivity index (χ3n) is 3.37. The van der Waals surface area contributed by atoms with Crippen LogP contribution in [-0.2, 0) is 0 Å². The molecular weight excluding hydrogens is 380 g/mol. The first-order valence-electron chi connectivity index (χ1n) is 6.17. The lowest BCUT2D eigenvalue weighted by molar-refractivity contribution is 1.40. The maximum Gasteiger partial charge on any atom is 0.0985 e. The molecule has 0 bridgehead atoms. The highest BCUT2D eigenvalue weighted by atomic mass is 79.9. The summed E-state index contributed by atoms with van der Waals surface area (Å²) >= 11 is 7.26. The van der Waals surface area contributed by atoms with Crippen molar-refractivity contribution < 1.29 is 0 Å². The molecule has 2 nitrogen and oxygen atoms in total. The Bertz CT molecular complexity index is 980. The quantitative estimate of drug-likeness (QED) is 0.295. The van der Waals surface area contributed by atoms with Gasteiger partial charge < -0.3 is 0 Å². The minimum atomic E-state index is 0.898. The topological polar surface area (TPSA) is 25.8 Å². The summed E-state index contributed by atoms with van der Waals surface area (Å²) < 4.78 is 2.07. The Labute approximate surface area is 132 Å². The van der Waals surface area contributed by atoms with E-state index in [4.69, 9.17) is 9.97 Å². The predicted molar refractivity (Wildman–Crippen MR) is 90.0 cm³/mol. The molecule has 4 heteroatoms. The van der Waals surface area contributed by atoms with Crippen molar-refractivity contribution in [1.29, 1.82) is 0 Å². The van der Waals surface area contributed by atoms with Crippen LogP contribution in [0.1, 0.15) is 0 Å². The van der Waals surface area contributed by atoms with Crippen LogP contribution in [0.3, 0.4) is 0 Å². The van der Waals surface area contributed by atoms with Gasteiger partial charge in [-0.15, -0.1) is 0 Å². The second-order valence-electron chi connectivity index (χ2n) is 4.60.